The lowest BCUT2D eigenvalue weighted by Crippen LogP contribution is -1.72. The Kier molecular flexibility index (Phi) is 4.39. The predicted molar refractivity (Wildman–Crippen MR) is 42.2 cm³/mol. The third-order valence-electron chi connectivity index (χ3n) is 0.518. The van der Waals surface area contributed by atoms with Crippen LogP contribution in [0.5, 0.6) is 0 Å². The van der Waals surface area contributed by atoms with E-state index in [1.165, 1.54) is 0 Å². The van der Waals surface area contributed by atoms with Gasteiger partial charge in [0.1, 0.15) is 0 Å². The van der Waals surface area contributed by atoms with E-state index in [0.717, 1.165) is 3.72 Å². The van der Waals surface area contributed by atoms with Gasteiger partial charge >= 0.3 is 0 Å². The molecule has 2 heteroatoms. The van der Waals surface area contributed by atoms with Crippen molar-refractivity contribution in [3.63, 3.8) is 0 Å². The van der Waals surface area contributed by atoms with E-state index in [1.54, 1.807) is 7.05 Å². The van der Waals surface area contributed by atoms with E-state index in [-0.39, 0.29) is 0 Å². The lowest BCUT2D eigenvalue weighted by Gasteiger charge is -1.78. The molecule has 0 saturated carbocycles. The van der Waals surface area contributed by atoms with Crippen molar-refractivity contribution in [2.75, 3.05) is 7.05 Å². The number of aliphatic imine (C=N–C) groups is 1. The summed E-state index contributed by atoms with van der Waals surface area (Å²) in [6, 6.07) is 0. The van der Waals surface area contributed by atoms with Crippen LogP contribution in [0.3, 0.4) is 0 Å². The van der Waals surface area contributed by atoms with Gasteiger partial charge in [-0.1, -0.05) is 6.08 Å². The van der Waals surface area contributed by atoms with Crippen LogP contribution in [0.25, 0.3) is 0 Å². The average molecular weight is 209 g/mol. The van der Waals surface area contributed by atoms with Crippen LogP contribution >= 0.6 is 22.6 Å². The van der Waals surface area contributed by atoms with E-state index >= 15 is 0 Å². The van der Waals surface area contributed by atoms with Gasteiger partial charge in [0.15, 0.2) is 0 Å². The molecule has 0 aliphatic carbocycles. The molecule has 0 fully saturated rings. The summed E-state index contributed by atoms with van der Waals surface area (Å²) in [6.07, 6.45) is 3.93. The van der Waals surface area contributed by atoms with E-state index < -0.39 is 0 Å². The molecule has 0 aromatic carbocycles. The Morgan fingerprint density at radius 3 is 2.43 bits per heavy atom. The van der Waals surface area contributed by atoms with Crippen molar-refractivity contribution in [2.24, 2.45) is 4.99 Å². The first-order valence-corrected chi connectivity index (χ1v) is 3.14. The molecular weight excluding hydrogens is 201 g/mol. The molecule has 0 bridgehead atoms. The Balaban J connectivity index is 3.58. The zero-order chi connectivity index (χ0) is 5.70. The summed E-state index contributed by atoms with van der Waals surface area (Å²) in [7, 11) is 1.78. The number of nitrogens with zero attached hydrogens (tertiary/aromatic N) is 1. The van der Waals surface area contributed by atoms with E-state index in [4.69, 9.17) is 0 Å². The molecule has 0 heterocycles. The number of halogens is 1. The van der Waals surface area contributed by atoms with Crippen molar-refractivity contribution in [3.8, 4) is 0 Å². The van der Waals surface area contributed by atoms with Crippen molar-refractivity contribution in [1.82, 2.24) is 0 Å². The largest absolute Gasteiger partial charge is 0.282 e. The zero-order valence-electron chi connectivity index (χ0n) is 4.48. The van der Waals surface area contributed by atoms with Crippen LogP contribution in [0, 0.1) is 0 Å². The fraction of sp³-hybridized carbons (Fsp3) is 0.400. The zero-order valence-corrected chi connectivity index (χ0v) is 6.64. The maximum atomic E-state index is 3.89. The van der Waals surface area contributed by atoms with Gasteiger partial charge in [0.25, 0.3) is 0 Å². The molecule has 1 nitrogen and oxygen atoms in total. The molecule has 0 amide bonds. The first-order valence-electron chi connectivity index (χ1n) is 2.06. The van der Waals surface area contributed by atoms with Crippen molar-refractivity contribution in [2.45, 2.75) is 6.92 Å². The van der Waals surface area contributed by atoms with Crippen molar-refractivity contribution in [3.05, 3.63) is 12.2 Å². The predicted octanol–water partition coefficient (Wildman–Crippen LogP) is 2.03. The van der Waals surface area contributed by atoms with E-state index in [0.29, 0.717) is 0 Å². The van der Waals surface area contributed by atoms with Crippen molar-refractivity contribution < 1.29 is 0 Å². The summed E-state index contributed by atoms with van der Waals surface area (Å²) in [5.74, 6) is 0. The van der Waals surface area contributed by atoms with Gasteiger partial charge in [-0.25, -0.2) is 0 Å². The van der Waals surface area contributed by atoms with Gasteiger partial charge in [-0.15, -0.1) is 0 Å². The van der Waals surface area contributed by atoms with E-state index in [9.17, 15) is 0 Å². The van der Waals surface area contributed by atoms with Crippen LogP contribution < -0.4 is 0 Å². The molecule has 0 aliphatic heterocycles. The first-order chi connectivity index (χ1) is 3.31. The maximum absolute atomic E-state index is 3.89. The third-order valence-corrected chi connectivity index (χ3v) is 1.36. The van der Waals surface area contributed by atoms with Crippen LogP contribution in [0.1, 0.15) is 6.92 Å². The van der Waals surface area contributed by atoms with Crippen LogP contribution in [0.2, 0.25) is 0 Å². The normalized spacial score (nSPS) is 13.3. The quantitative estimate of drug-likeness (QED) is 0.462. The maximum Gasteiger partial charge on any atom is 0.0947 e. The molecule has 0 rings (SSSR count). The van der Waals surface area contributed by atoms with E-state index in [2.05, 4.69) is 27.6 Å². The van der Waals surface area contributed by atoms with Gasteiger partial charge in [0.2, 0.25) is 0 Å². The van der Waals surface area contributed by atoms with Crippen molar-refractivity contribution >= 4 is 26.3 Å². The number of hydrogen-bond donors (Lipinski definition) is 0. The molecule has 0 unspecified atom stereocenters. The summed E-state index contributed by atoms with van der Waals surface area (Å²) >= 11 is 2.17. The Morgan fingerprint density at radius 1 is 1.71 bits per heavy atom. The van der Waals surface area contributed by atoms with Crippen LogP contribution in [0.15, 0.2) is 17.1 Å². The molecule has 40 valence electrons. The number of rotatable bonds is 1. The molecule has 0 radical (unpaired) electrons. The van der Waals surface area contributed by atoms with Crippen LogP contribution in [-0.4, -0.2) is 10.8 Å². The minimum atomic E-state index is 1.04. The van der Waals surface area contributed by atoms with Gasteiger partial charge in [-0.2, -0.15) is 0 Å². The lowest BCUT2D eigenvalue weighted by atomic mass is 10.6. The van der Waals surface area contributed by atoms with Gasteiger partial charge in [0, 0.05) is 7.05 Å². The SMILES string of the molecule is C/C=C\C(I)=N/C. The monoisotopic (exact) mass is 209 g/mol. The van der Waals surface area contributed by atoms with Gasteiger partial charge in [0.05, 0.1) is 3.72 Å². The number of hydrogen-bond acceptors (Lipinski definition) is 1. The summed E-state index contributed by atoms with van der Waals surface area (Å²) in [5, 5.41) is 0. The fourth-order valence-corrected chi connectivity index (χ4v) is 0.572. The third kappa shape index (κ3) is 3.98. The standard InChI is InChI=1S/C5H8IN/c1-3-4-5(6)7-2/h3-4H,1-2H3/b4-3-,7-5+. The van der Waals surface area contributed by atoms with E-state index in [1.807, 2.05) is 19.1 Å². The minimum Gasteiger partial charge on any atom is -0.282 e. The molecule has 0 aromatic rings. The highest BCUT2D eigenvalue weighted by Crippen LogP contribution is 1.89. The van der Waals surface area contributed by atoms with Crippen LogP contribution in [-0.2, 0) is 0 Å². The minimum absolute atomic E-state index is 1.04. The second-order valence-electron chi connectivity index (χ2n) is 1.05. The topological polar surface area (TPSA) is 12.4 Å². The molecule has 7 heavy (non-hydrogen) atoms. The molecule has 0 saturated heterocycles. The molecular formula is C5H8IN. The molecule has 0 N–H and O–H groups in total. The molecule has 0 aromatic heterocycles. The highest BCUT2D eigenvalue weighted by Gasteiger charge is 1.74. The van der Waals surface area contributed by atoms with Gasteiger partial charge < -0.3 is 0 Å². The Bertz CT molecular complexity index is 94.3. The summed E-state index contributed by atoms with van der Waals surface area (Å²) in [4.78, 5) is 3.89. The first kappa shape index (κ1) is 7.14. The smallest absolute Gasteiger partial charge is 0.0947 e. The lowest BCUT2D eigenvalue weighted by molar-refractivity contribution is 1.47. The Labute approximate surface area is 57.7 Å². The summed E-state index contributed by atoms with van der Waals surface area (Å²) in [5.41, 5.74) is 0. The Hall–Kier alpha value is 0.140. The summed E-state index contributed by atoms with van der Waals surface area (Å²) < 4.78 is 1.04. The average Bonchev–Trinajstić information content (AvgIpc) is 1.68. The van der Waals surface area contributed by atoms with Crippen LogP contribution in [0.4, 0.5) is 0 Å². The second kappa shape index (κ2) is 4.30. The Morgan fingerprint density at radius 2 is 2.29 bits per heavy atom. The fourth-order valence-electron chi connectivity index (χ4n) is 0.212. The van der Waals surface area contributed by atoms with Gasteiger partial charge in [-0.3, -0.25) is 4.99 Å². The number of allylic oxidation sites excluding steroid dienone is 2. The highest BCUT2D eigenvalue weighted by molar-refractivity contribution is 14.1. The molecule has 0 spiro atoms. The molecule has 0 aliphatic rings. The van der Waals surface area contributed by atoms with Crippen molar-refractivity contribution in [1.29, 1.82) is 0 Å². The highest BCUT2D eigenvalue weighted by atomic mass is 127. The second-order valence-corrected chi connectivity index (χ2v) is 2.15. The van der Waals surface area contributed by atoms with Gasteiger partial charge in [-0.05, 0) is 35.6 Å². The molecule has 0 atom stereocenters. The summed E-state index contributed by atoms with van der Waals surface area (Å²) in [6.45, 7) is 1.98.